The van der Waals surface area contributed by atoms with E-state index in [0.29, 0.717) is 42.9 Å². The fraction of sp³-hybridized carbons (Fsp3) is 0.800. The van der Waals surface area contributed by atoms with Gasteiger partial charge < -0.3 is 9.47 Å². The van der Waals surface area contributed by atoms with Crippen LogP contribution in [-0.2, 0) is 23.9 Å². The van der Waals surface area contributed by atoms with E-state index < -0.39 is 0 Å². The standard InChI is InChI=1S/C25H32O5/c1-23-7-4-14(26)10-13(23)11-16(22(28)29-3)20-17(23)5-8-24(2)21(20)15-12-18(15)25(24)9-6-19(27)30-25/h10,15-18,20-21H,4-9,11-12H2,1-3H3/t15-,16-,17?,18+,20?,21?,23+,24+,25-/m1/s1. The minimum absolute atomic E-state index is 0.00305. The van der Waals surface area contributed by atoms with E-state index in [1.54, 1.807) is 0 Å². The molecule has 162 valence electrons. The van der Waals surface area contributed by atoms with Crippen molar-refractivity contribution in [1.29, 1.82) is 0 Å². The first kappa shape index (κ1) is 19.1. The van der Waals surface area contributed by atoms with Crippen molar-refractivity contribution < 1.29 is 23.9 Å². The maximum absolute atomic E-state index is 13.0. The summed E-state index contributed by atoms with van der Waals surface area (Å²) in [6, 6.07) is 0. The number of allylic oxidation sites excluding steroid dienone is 1. The molecule has 9 atom stereocenters. The molecule has 6 rings (SSSR count). The Labute approximate surface area is 177 Å². The van der Waals surface area contributed by atoms with Gasteiger partial charge in [-0.1, -0.05) is 19.4 Å². The van der Waals surface area contributed by atoms with Crippen LogP contribution in [0.1, 0.15) is 65.2 Å². The van der Waals surface area contributed by atoms with E-state index in [1.807, 2.05) is 6.08 Å². The van der Waals surface area contributed by atoms with Crippen LogP contribution < -0.4 is 0 Å². The largest absolute Gasteiger partial charge is 0.469 e. The molecule has 0 bridgehead atoms. The van der Waals surface area contributed by atoms with Crippen molar-refractivity contribution in [2.24, 2.45) is 46.3 Å². The normalized spacial score (nSPS) is 53.2. The fourth-order valence-corrected chi connectivity index (χ4v) is 9.30. The molecule has 5 aliphatic carbocycles. The predicted molar refractivity (Wildman–Crippen MR) is 108 cm³/mol. The maximum Gasteiger partial charge on any atom is 0.309 e. The Morgan fingerprint density at radius 3 is 2.63 bits per heavy atom. The Balaban J connectivity index is 1.46. The first-order valence-corrected chi connectivity index (χ1v) is 11.8. The number of carbonyl (C=O) groups excluding carboxylic acids is 3. The number of ketones is 1. The van der Waals surface area contributed by atoms with Crippen LogP contribution >= 0.6 is 0 Å². The Morgan fingerprint density at radius 2 is 1.93 bits per heavy atom. The van der Waals surface area contributed by atoms with Gasteiger partial charge in [0.25, 0.3) is 0 Å². The van der Waals surface area contributed by atoms with E-state index in [0.717, 1.165) is 32.1 Å². The zero-order valence-corrected chi connectivity index (χ0v) is 18.2. The number of rotatable bonds is 1. The Hall–Kier alpha value is -1.65. The summed E-state index contributed by atoms with van der Waals surface area (Å²) in [6.45, 7) is 4.69. The highest BCUT2D eigenvalue weighted by Crippen LogP contribution is 2.79. The molecule has 4 saturated carbocycles. The number of esters is 2. The molecule has 3 unspecified atom stereocenters. The molecule has 0 radical (unpaired) electrons. The fourth-order valence-electron chi connectivity index (χ4n) is 9.30. The van der Waals surface area contributed by atoms with Crippen LogP contribution in [-0.4, -0.2) is 30.4 Å². The van der Waals surface area contributed by atoms with Crippen LogP contribution in [0.3, 0.4) is 0 Å². The third-order valence-corrected chi connectivity index (χ3v) is 10.6. The number of hydrogen-bond donors (Lipinski definition) is 0. The van der Waals surface area contributed by atoms with Crippen molar-refractivity contribution in [2.45, 2.75) is 70.8 Å². The molecule has 6 aliphatic rings. The molecular weight excluding hydrogens is 380 g/mol. The number of methoxy groups -OCH3 is 1. The third-order valence-electron chi connectivity index (χ3n) is 10.6. The lowest BCUT2D eigenvalue weighted by molar-refractivity contribution is -0.185. The summed E-state index contributed by atoms with van der Waals surface area (Å²) in [5, 5.41) is 0. The number of carbonyl (C=O) groups is 3. The van der Waals surface area contributed by atoms with Crippen molar-refractivity contribution in [3.8, 4) is 0 Å². The SMILES string of the molecule is COC(=O)[C@@H]1CC2=CC(=O)CC[C@]2(C)C2CC[C@@]3(C)C(C21)[C@@H]1C[C@@H]1[C@]31CCC(=O)O1. The highest BCUT2D eigenvalue weighted by Gasteiger charge is 2.80. The zero-order valence-electron chi connectivity index (χ0n) is 18.2. The molecular formula is C25H32O5. The molecule has 1 spiro atoms. The molecule has 0 N–H and O–H groups in total. The highest BCUT2D eigenvalue weighted by molar-refractivity contribution is 5.92. The van der Waals surface area contributed by atoms with E-state index in [1.165, 1.54) is 12.7 Å². The van der Waals surface area contributed by atoms with Gasteiger partial charge in [0, 0.05) is 24.2 Å². The number of hydrogen-bond acceptors (Lipinski definition) is 5. The molecule has 30 heavy (non-hydrogen) atoms. The quantitative estimate of drug-likeness (QED) is 0.612. The van der Waals surface area contributed by atoms with E-state index in [4.69, 9.17) is 9.47 Å². The number of fused-ring (bicyclic) bond motifs is 9. The summed E-state index contributed by atoms with van der Waals surface area (Å²) >= 11 is 0. The number of ether oxygens (including phenoxy) is 2. The van der Waals surface area contributed by atoms with Crippen LogP contribution in [0.15, 0.2) is 11.6 Å². The summed E-state index contributed by atoms with van der Waals surface area (Å²) in [7, 11) is 1.49. The van der Waals surface area contributed by atoms with Gasteiger partial charge in [-0.2, -0.15) is 0 Å². The van der Waals surface area contributed by atoms with Gasteiger partial charge in [-0.15, -0.1) is 0 Å². The van der Waals surface area contributed by atoms with Crippen LogP contribution in [0.25, 0.3) is 0 Å². The molecule has 5 heteroatoms. The summed E-state index contributed by atoms with van der Waals surface area (Å²) in [5.74, 6) is 1.90. The van der Waals surface area contributed by atoms with Crippen LogP contribution in [0.4, 0.5) is 0 Å². The van der Waals surface area contributed by atoms with Crippen LogP contribution in [0.2, 0.25) is 0 Å². The van der Waals surface area contributed by atoms with Gasteiger partial charge in [-0.25, -0.2) is 0 Å². The van der Waals surface area contributed by atoms with E-state index in [2.05, 4.69) is 13.8 Å². The second kappa shape index (κ2) is 5.77. The first-order chi connectivity index (χ1) is 14.2. The Bertz CT molecular complexity index is 890. The van der Waals surface area contributed by atoms with E-state index >= 15 is 0 Å². The average Bonchev–Trinajstić information content (AvgIpc) is 3.36. The summed E-state index contributed by atoms with van der Waals surface area (Å²) in [4.78, 5) is 37.5. The zero-order chi connectivity index (χ0) is 21.1. The minimum Gasteiger partial charge on any atom is -0.469 e. The average molecular weight is 413 g/mol. The molecule has 1 heterocycles. The lowest BCUT2D eigenvalue weighted by Crippen LogP contribution is -2.59. The molecule has 5 nitrogen and oxygen atoms in total. The predicted octanol–water partition coefficient (Wildman–Crippen LogP) is 3.85. The van der Waals surface area contributed by atoms with Gasteiger partial charge in [0.1, 0.15) is 5.60 Å². The second-order valence-corrected chi connectivity index (χ2v) is 11.4. The molecule has 0 amide bonds. The van der Waals surface area contributed by atoms with Crippen molar-refractivity contribution >= 4 is 17.7 Å². The lowest BCUT2D eigenvalue weighted by atomic mass is 9.43. The molecule has 1 aliphatic heterocycles. The van der Waals surface area contributed by atoms with Crippen molar-refractivity contribution in [3.63, 3.8) is 0 Å². The van der Waals surface area contributed by atoms with Crippen LogP contribution in [0.5, 0.6) is 0 Å². The van der Waals surface area contributed by atoms with E-state index in [9.17, 15) is 14.4 Å². The van der Waals surface area contributed by atoms with Gasteiger partial charge in [0.15, 0.2) is 5.78 Å². The topological polar surface area (TPSA) is 69.7 Å². The monoisotopic (exact) mass is 412 g/mol. The Morgan fingerprint density at radius 1 is 1.13 bits per heavy atom. The first-order valence-electron chi connectivity index (χ1n) is 11.8. The van der Waals surface area contributed by atoms with E-state index in [-0.39, 0.29) is 46.0 Å². The summed E-state index contributed by atoms with van der Waals surface area (Å²) in [6.07, 6.45) is 8.58. The van der Waals surface area contributed by atoms with Crippen molar-refractivity contribution in [3.05, 3.63) is 11.6 Å². The van der Waals surface area contributed by atoms with Gasteiger partial charge in [-0.05, 0) is 73.7 Å². The summed E-state index contributed by atoms with van der Waals surface area (Å²) < 4.78 is 11.5. The Kier molecular flexibility index (Phi) is 3.67. The van der Waals surface area contributed by atoms with Gasteiger partial charge in [-0.3, -0.25) is 14.4 Å². The molecule has 5 fully saturated rings. The molecule has 0 aromatic carbocycles. The van der Waals surface area contributed by atoms with Crippen LogP contribution in [0, 0.1) is 46.3 Å². The van der Waals surface area contributed by atoms with Gasteiger partial charge in [0.2, 0.25) is 0 Å². The molecule has 1 saturated heterocycles. The minimum atomic E-state index is -0.315. The van der Waals surface area contributed by atoms with Gasteiger partial charge >= 0.3 is 11.9 Å². The maximum atomic E-state index is 13.0. The van der Waals surface area contributed by atoms with Gasteiger partial charge in [0.05, 0.1) is 13.0 Å². The molecule has 0 aromatic rings. The highest BCUT2D eigenvalue weighted by atomic mass is 16.6. The smallest absolute Gasteiger partial charge is 0.309 e. The summed E-state index contributed by atoms with van der Waals surface area (Å²) in [5.41, 5.74) is 0.801. The van der Waals surface area contributed by atoms with Crippen molar-refractivity contribution in [2.75, 3.05) is 7.11 Å². The third kappa shape index (κ3) is 2.07. The molecule has 0 aromatic heterocycles. The second-order valence-electron chi connectivity index (χ2n) is 11.4. The van der Waals surface area contributed by atoms with Crippen molar-refractivity contribution in [1.82, 2.24) is 0 Å². The lowest BCUT2D eigenvalue weighted by Gasteiger charge is -2.61.